The summed E-state index contributed by atoms with van der Waals surface area (Å²) in [5, 5.41) is 0. The van der Waals surface area contributed by atoms with E-state index in [1.807, 2.05) is 24.3 Å². The van der Waals surface area contributed by atoms with Crippen molar-refractivity contribution in [2.75, 3.05) is 47.4 Å². The van der Waals surface area contributed by atoms with Gasteiger partial charge in [-0.2, -0.15) is 0 Å². The van der Waals surface area contributed by atoms with E-state index >= 15 is 0 Å². The van der Waals surface area contributed by atoms with Crippen LogP contribution in [0.4, 0.5) is 22.7 Å². The van der Waals surface area contributed by atoms with E-state index < -0.39 is 0 Å². The molecule has 4 N–H and O–H groups in total. The number of hydrogen-bond acceptors (Lipinski definition) is 4. The van der Waals surface area contributed by atoms with Gasteiger partial charge in [0.15, 0.2) is 0 Å². The van der Waals surface area contributed by atoms with Crippen LogP contribution in [0.15, 0.2) is 48.5 Å². The molecule has 1 heterocycles. The Morgan fingerprint density at radius 2 is 0.955 bits per heavy atom. The monoisotopic (exact) mass is 318 g/mol. The van der Waals surface area contributed by atoms with Crippen LogP contribution in [0.2, 0.25) is 0 Å². The predicted octanol–water partition coefficient (Wildman–Crippen LogP) is 2.99. The Balaban J connectivity index is 0.00000176. The molecule has 0 saturated carbocycles. The highest BCUT2D eigenvalue weighted by Gasteiger charge is 2.15. The maximum atomic E-state index is 5.76. The van der Waals surface area contributed by atoms with E-state index in [1.54, 1.807) is 0 Å². The quantitative estimate of drug-likeness (QED) is 0.836. The highest BCUT2D eigenvalue weighted by atomic mass is 35.5. The van der Waals surface area contributed by atoms with Gasteiger partial charge in [-0.1, -0.05) is 0 Å². The topological polar surface area (TPSA) is 58.5 Å². The number of nitrogen functional groups attached to an aromatic ring is 2. The Morgan fingerprint density at radius 1 is 0.591 bits per heavy atom. The van der Waals surface area contributed by atoms with Crippen molar-refractivity contribution in [1.82, 2.24) is 0 Å². The molecular weight excluding hydrogens is 296 g/mol. The lowest BCUT2D eigenvalue weighted by Crippen LogP contribution is -2.30. The number of anilines is 4. The Labute approximate surface area is 138 Å². The van der Waals surface area contributed by atoms with E-state index in [4.69, 9.17) is 11.5 Å². The molecule has 0 aromatic heterocycles. The van der Waals surface area contributed by atoms with Gasteiger partial charge >= 0.3 is 0 Å². The van der Waals surface area contributed by atoms with E-state index in [2.05, 4.69) is 34.1 Å². The number of nitrogens with zero attached hydrogens (tertiary/aromatic N) is 2. The van der Waals surface area contributed by atoms with Crippen molar-refractivity contribution in [3.05, 3.63) is 48.5 Å². The van der Waals surface area contributed by atoms with Crippen LogP contribution in [-0.2, 0) is 0 Å². The van der Waals surface area contributed by atoms with Gasteiger partial charge in [-0.3, -0.25) is 0 Å². The first-order valence-electron chi connectivity index (χ1n) is 7.43. The molecule has 0 bridgehead atoms. The summed E-state index contributed by atoms with van der Waals surface area (Å²) >= 11 is 0. The molecular formula is C17H23ClN4. The average molecular weight is 319 g/mol. The molecule has 118 valence electrons. The zero-order valence-electron chi connectivity index (χ0n) is 12.6. The molecule has 0 spiro atoms. The fourth-order valence-corrected chi connectivity index (χ4v) is 2.80. The van der Waals surface area contributed by atoms with Crippen LogP contribution >= 0.6 is 12.4 Å². The molecule has 3 rings (SSSR count). The summed E-state index contributed by atoms with van der Waals surface area (Å²) in [4.78, 5) is 4.85. The van der Waals surface area contributed by atoms with Crippen LogP contribution in [0.1, 0.15) is 6.42 Å². The van der Waals surface area contributed by atoms with Crippen LogP contribution in [0.3, 0.4) is 0 Å². The van der Waals surface area contributed by atoms with Gasteiger partial charge < -0.3 is 21.3 Å². The normalized spacial score (nSPS) is 15.1. The van der Waals surface area contributed by atoms with Crippen LogP contribution in [-0.4, -0.2) is 26.2 Å². The fourth-order valence-electron chi connectivity index (χ4n) is 2.80. The van der Waals surface area contributed by atoms with Crippen molar-refractivity contribution < 1.29 is 0 Å². The standard InChI is InChI=1S/C17H22N4.ClH/c18-14-2-6-16(7-3-14)20-10-1-11-21(13-12-20)17-8-4-15(19)5-9-17;/h2-9H,1,10-13,18-19H2;1H. The summed E-state index contributed by atoms with van der Waals surface area (Å²) in [7, 11) is 0. The number of hydrogen-bond donors (Lipinski definition) is 2. The number of rotatable bonds is 2. The number of halogens is 1. The van der Waals surface area contributed by atoms with E-state index in [0.29, 0.717) is 0 Å². The largest absolute Gasteiger partial charge is 0.399 e. The zero-order valence-corrected chi connectivity index (χ0v) is 13.4. The van der Waals surface area contributed by atoms with Crippen LogP contribution < -0.4 is 21.3 Å². The molecule has 4 nitrogen and oxygen atoms in total. The Bertz CT molecular complexity index is 529. The molecule has 22 heavy (non-hydrogen) atoms. The van der Waals surface area contributed by atoms with E-state index in [0.717, 1.165) is 44.0 Å². The van der Waals surface area contributed by atoms with Crippen LogP contribution in [0.25, 0.3) is 0 Å². The summed E-state index contributed by atoms with van der Waals surface area (Å²) in [6.45, 7) is 4.20. The third-order valence-electron chi connectivity index (χ3n) is 4.01. The number of nitrogens with two attached hydrogens (primary N) is 2. The maximum absolute atomic E-state index is 5.76. The number of benzene rings is 2. The Hall–Kier alpha value is -2.07. The SMILES string of the molecule is Cl.Nc1ccc(N2CCCN(c3ccc(N)cc3)CC2)cc1. The fraction of sp³-hybridized carbons (Fsp3) is 0.294. The molecule has 5 heteroatoms. The summed E-state index contributed by atoms with van der Waals surface area (Å²) in [5.74, 6) is 0. The molecule has 0 atom stereocenters. The second kappa shape index (κ2) is 7.27. The first-order valence-corrected chi connectivity index (χ1v) is 7.43. The van der Waals surface area contributed by atoms with Crippen molar-refractivity contribution in [3.63, 3.8) is 0 Å². The lowest BCUT2D eigenvalue weighted by molar-refractivity contribution is 0.806. The maximum Gasteiger partial charge on any atom is 0.0368 e. The zero-order chi connectivity index (χ0) is 14.7. The lowest BCUT2D eigenvalue weighted by Gasteiger charge is -2.25. The van der Waals surface area contributed by atoms with Crippen molar-refractivity contribution in [1.29, 1.82) is 0 Å². The molecule has 1 aliphatic heterocycles. The first kappa shape index (κ1) is 16.3. The summed E-state index contributed by atoms with van der Waals surface area (Å²) < 4.78 is 0. The minimum atomic E-state index is 0. The molecule has 0 aliphatic carbocycles. The van der Waals surface area contributed by atoms with Gasteiger partial charge in [-0.05, 0) is 55.0 Å². The summed E-state index contributed by atoms with van der Waals surface area (Å²) in [6, 6.07) is 16.3. The van der Waals surface area contributed by atoms with Crippen LogP contribution in [0, 0.1) is 0 Å². The smallest absolute Gasteiger partial charge is 0.0368 e. The highest BCUT2D eigenvalue weighted by molar-refractivity contribution is 5.85. The van der Waals surface area contributed by atoms with E-state index in [1.165, 1.54) is 11.4 Å². The van der Waals surface area contributed by atoms with Gasteiger partial charge in [-0.25, -0.2) is 0 Å². The predicted molar refractivity (Wildman–Crippen MR) is 98.0 cm³/mol. The van der Waals surface area contributed by atoms with Gasteiger partial charge in [0, 0.05) is 48.9 Å². The summed E-state index contributed by atoms with van der Waals surface area (Å²) in [6.07, 6.45) is 1.15. The highest BCUT2D eigenvalue weighted by Crippen LogP contribution is 2.21. The second-order valence-corrected chi connectivity index (χ2v) is 5.51. The third-order valence-corrected chi connectivity index (χ3v) is 4.01. The molecule has 1 fully saturated rings. The second-order valence-electron chi connectivity index (χ2n) is 5.51. The summed E-state index contributed by atoms with van der Waals surface area (Å²) in [5.41, 5.74) is 15.7. The first-order chi connectivity index (χ1) is 10.2. The van der Waals surface area contributed by atoms with Crippen LogP contribution in [0.5, 0.6) is 0 Å². The van der Waals surface area contributed by atoms with Gasteiger partial charge in [0.2, 0.25) is 0 Å². The molecule has 0 radical (unpaired) electrons. The van der Waals surface area contributed by atoms with E-state index in [-0.39, 0.29) is 12.4 Å². The third kappa shape index (κ3) is 3.77. The molecule has 0 unspecified atom stereocenters. The van der Waals surface area contributed by atoms with Crippen molar-refractivity contribution in [3.8, 4) is 0 Å². The van der Waals surface area contributed by atoms with Gasteiger partial charge in [0.1, 0.15) is 0 Å². The molecule has 2 aromatic rings. The average Bonchev–Trinajstić information content (AvgIpc) is 2.75. The van der Waals surface area contributed by atoms with Crippen molar-refractivity contribution in [2.45, 2.75) is 6.42 Å². The Morgan fingerprint density at radius 3 is 1.32 bits per heavy atom. The van der Waals surface area contributed by atoms with Crippen molar-refractivity contribution in [2.24, 2.45) is 0 Å². The minimum Gasteiger partial charge on any atom is -0.399 e. The molecule has 1 aliphatic rings. The minimum absolute atomic E-state index is 0. The molecule has 0 amide bonds. The van der Waals surface area contributed by atoms with E-state index in [9.17, 15) is 0 Å². The van der Waals surface area contributed by atoms with Crippen molar-refractivity contribution >= 4 is 35.2 Å². The Kier molecular flexibility index (Phi) is 5.39. The lowest BCUT2D eigenvalue weighted by atomic mass is 10.2. The molecule has 1 saturated heterocycles. The van der Waals surface area contributed by atoms with Gasteiger partial charge in [0.05, 0.1) is 0 Å². The van der Waals surface area contributed by atoms with Gasteiger partial charge in [0.25, 0.3) is 0 Å². The molecule has 2 aromatic carbocycles. The van der Waals surface area contributed by atoms with Gasteiger partial charge in [-0.15, -0.1) is 12.4 Å².